The number of azo groups is 2. The highest BCUT2D eigenvalue weighted by molar-refractivity contribution is 7.92. The van der Waals surface area contributed by atoms with Crippen molar-refractivity contribution < 1.29 is 77.1 Å². The van der Waals surface area contributed by atoms with Crippen molar-refractivity contribution in [2.45, 2.75) is 26.5 Å². The first kappa shape index (κ1) is 43.3. The van der Waals surface area contributed by atoms with Crippen LogP contribution in [0.1, 0.15) is 5.56 Å². The van der Waals surface area contributed by atoms with Gasteiger partial charge in [-0.15, -0.1) is 20.5 Å². The second-order valence-corrected chi connectivity index (χ2v) is 19.3. The quantitative estimate of drug-likeness (QED) is 0.0677. The zero-order valence-corrected chi connectivity index (χ0v) is 31.2. The van der Waals surface area contributed by atoms with Gasteiger partial charge in [-0.05, 0) is 55.0 Å². The van der Waals surface area contributed by atoms with Crippen molar-refractivity contribution in [3.63, 3.8) is 0 Å². The molecule has 0 saturated heterocycles. The monoisotopic (exact) mass is 866 g/mol. The summed E-state index contributed by atoms with van der Waals surface area (Å²) in [6.07, 6.45) is 0. The molecule has 3 aromatic rings. The predicted octanol–water partition coefficient (Wildman–Crippen LogP) is 1.67. The molecule has 0 atom stereocenters. The third-order valence-corrected chi connectivity index (χ3v) is 12.5. The number of sulfone groups is 2. The Morgan fingerprint density at radius 2 is 0.849 bits per heavy atom. The standard InChI is InChI=1S/C23H26N6O18S6/c1-13-22(24)18(28-26-16-4-2-14(10-20(16)50(34,35)36)48(30,31)8-6-46-52(40,41)42)12-19(23(13)25)29-27-17-5-3-15(11-21(17)51(37,38)39)49(32,33)9-7-47-53(43,44)45/h2-5,10-12H,6-9,24-25H2,1H3,(H,34,35,36)(H,37,38,39)(H,40,41,42)(H,43,44,45). The summed E-state index contributed by atoms with van der Waals surface area (Å²) in [5.74, 6) is -2.08. The zero-order valence-electron chi connectivity index (χ0n) is 26.3. The highest BCUT2D eigenvalue weighted by Gasteiger charge is 2.25. The lowest BCUT2D eigenvalue weighted by Crippen LogP contribution is -2.16. The Morgan fingerprint density at radius 1 is 0.528 bits per heavy atom. The maximum Gasteiger partial charge on any atom is 0.397 e. The number of nitrogens with zero attached hydrogens (tertiary/aromatic N) is 4. The minimum Gasteiger partial charge on any atom is -0.397 e. The molecule has 0 aliphatic heterocycles. The number of hydrogen-bond acceptors (Lipinski definition) is 20. The zero-order chi connectivity index (χ0) is 40.4. The molecule has 0 spiro atoms. The van der Waals surface area contributed by atoms with E-state index >= 15 is 0 Å². The van der Waals surface area contributed by atoms with E-state index in [-0.39, 0.29) is 28.3 Å². The molecule has 3 rings (SSSR count). The van der Waals surface area contributed by atoms with Crippen LogP contribution in [0.15, 0.2) is 82.5 Å². The fraction of sp³-hybridized carbons (Fsp3) is 0.217. The van der Waals surface area contributed by atoms with E-state index in [0.29, 0.717) is 12.1 Å². The number of hydrogen-bond donors (Lipinski definition) is 6. The highest BCUT2D eigenvalue weighted by atomic mass is 32.3. The maximum atomic E-state index is 12.6. The predicted molar refractivity (Wildman–Crippen MR) is 180 cm³/mol. The molecule has 0 aliphatic carbocycles. The normalized spacial score (nSPS) is 13.6. The van der Waals surface area contributed by atoms with Crippen molar-refractivity contribution in [3.05, 3.63) is 48.0 Å². The van der Waals surface area contributed by atoms with Crippen molar-refractivity contribution in [2.24, 2.45) is 20.5 Å². The van der Waals surface area contributed by atoms with Crippen LogP contribution in [0, 0.1) is 6.92 Å². The summed E-state index contributed by atoms with van der Waals surface area (Å²) in [4.78, 5) is -3.60. The van der Waals surface area contributed by atoms with E-state index in [1.54, 1.807) is 0 Å². The van der Waals surface area contributed by atoms with Gasteiger partial charge in [-0.1, -0.05) is 0 Å². The molecule has 24 nitrogen and oxygen atoms in total. The van der Waals surface area contributed by atoms with Crippen LogP contribution in [-0.2, 0) is 69.1 Å². The van der Waals surface area contributed by atoms with Gasteiger partial charge in [0, 0.05) is 0 Å². The lowest BCUT2D eigenvalue weighted by Gasteiger charge is -2.11. The average Bonchev–Trinajstić information content (AvgIpc) is 3.00. The van der Waals surface area contributed by atoms with Gasteiger partial charge in [-0.2, -0.15) is 33.7 Å². The van der Waals surface area contributed by atoms with E-state index < -0.39 is 116 Å². The van der Waals surface area contributed by atoms with Gasteiger partial charge < -0.3 is 11.5 Å². The number of nitrogen functional groups attached to an aromatic ring is 2. The average molecular weight is 867 g/mol. The Bertz CT molecular complexity index is 2500. The second-order valence-electron chi connectivity index (χ2n) is 10.1. The van der Waals surface area contributed by atoms with Gasteiger partial charge in [0.1, 0.15) is 32.5 Å². The Labute approximate surface area is 301 Å². The molecule has 0 aliphatic rings. The summed E-state index contributed by atoms with van der Waals surface area (Å²) in [6, 6.07) is 5.28. The first-order valence-electron chi connectivity index (χ1n) is 13.5. The molecule has 292 valence electrons. The van der Waals surface area contributed by atoms with E-state index in [2.05, 4.69) is 28.8 Å². The molecule has 0 saturated carbocycles. The van der Waals surface area contributed by atoms with E-state index in [1.165, 1.54) is 6.92 Å². The summed E-state index contributed by atoms with van der Waals surface area (Å²) < 4.78 is 186. The molecule has 0 bridgehead atoms. The van der Waals surface area contributed by atoms with Crippen LogP contribution in [0.4, 0.5) is 34.1 Å². The van der Waals surface area contributed by atoms with Gasteiger partial charge in [0.15, 0.2) is 19.7 Å². The first-order chi connectivity index (χ1) is 24.0. The van der Waals surface area contributed by atoms with Crippen molar-refractivity contribution in [1.29, 1.82) is 0 Å². The lowest BCUT2D eigenvalue weighted by molar-refractivity contribution is 0.282. The SMILES string of the molecule is Cc1c(N)c(N=Nc2ccc(S(=O)(=O)CCOS(=O)(=O)O)cc2S(=O)(=O)O)cc(N=Nc2ccc(S(=O)(=O)CCOS(=O)(=O)O)cc2S(=O)(=O)O)c1N. The topological polar surface area (TPSA) is 406 Å². The largest absolute Gasteiger partial charge is 0.397 e. The van der Waals surface area contributed by atoms with Crippen LogP contribution in [-0.4, -0.2) is 93.4 Å². The molecular formula is C23H26N6O18S6. The van der Waals surface area contributed by atoms with Crippen LogP contribution in [0.5, 0.6) is 0 Å². The van der Waals surface area contributed by atoms with Crippen LogP contribution in [0.25, 0.3) is 0 Å². The van der Waals surface area contributed by atoms with Gasteiger partial charge in [-0.25, -0.2) is 25.2 Å². The van der Waals surface area contributed by atoms with E-state index in [0.717, 1.165) is 30.3 Å². The summed E-state index contributed by atoms with van der Waals surface area (Å²) in [6.45, 7) is -0.713. The van der Waals surface area contributed by atoms with Gasteiger partial charge >= 0.3 is 20.8 Å². The Morgan fingerprint density at radius 3 is 1.15 bits per heavy atom. The van der Waals surface area contributed by atoms with Crippen LogP contribution < -0.4 is 11.5 Å². The summed E-state index contributed by atoms with van der Waals surface area (Å²) in [5.41, 5.74) is 10.0. The number of nitrogens with two attached hydrogens (primary N) is 2. The van der Waals surface area contributed by atoms with Crippen LogP contribution in [0.2, 0.25) is 0 Å². The van der Waals surface area contributed by atoms with Crippen LogP contribution >= 0.6 is 0 Å². The number of rotatable bonds is 16. The minimum atomic E-state index is -5.19. The minimum absolute atomic E-state index is 0.0857. The fourth-order valence-electron chi connectivity index (χ4n) is 3.88. The Balaban J connectivity index is 2.04. The number of benzene rings is 3. The van der Waals surface area contributed by atoms with Crippen LogP contribution in [0.3, 0.4) is 0 Å². The molecule has 0 amide bonds. The van der Waals surface area contributed by atoms with Gasteiger partial charge in [0.2, 0.25) is 0 Å². The van der Waals surface area contributed by atoms with Gasteiger partial charge in [-0.3, -0.25) is 18.2 Å². The van der Waals surface area contributed by atoms with Gasteiger partial charge in [0.25, 0.3) is 20.2 Å². The molecule has 0 heterocycles. The lowest BCUT2D eigenvalue weighted by atomic mass is 10.1. The smallest absolute Gasteiger partial charge is 0.397 e. The summed E-state index contributed by atoms with van der Waals surface area (Å²) >= 11 is 0. The van der Waals surface area contributed by atoms with Crippen molar-refractivity contribution in [2.75, 3.05) is 36.2 Å². The molecule has 53 heavy (non-hydrogen) atoms. The molecule has 0 aromatic heterocycles. The Hall–Kier alpha value is -4.08. The molecule has 8 N–H and O–H groups in total. The van der Waals surface area contributed by atoms with E-state index in [1.807, 2.05) is 0 Å². The number of anilines is 2. The third-order valence-electron chi connectivity index (χ3n) is 6.47. The molecule has 30 heteroatoms. The molecule has 3 aromatic carbocycles. The summed E-state index contributed by atoms with van der Waals surface area (Å²) in [5, 5.41) is 15.0. The van der Waals surface area contributed by atoms with Crippen molar-refractivity contribution >= 4 is 94.8 Å². The summed E-state index contributed by atoms with van der Waals surface area (Å²) in [7, 11) is -29.3. The Kier molecular flexibility index (Phi) is 12.9. The van der Waals surface area contributed by atoms with Crippen molar-refractivity contribution in [1.82, 2.24) is 0 Å². The van der Waals surface area contributed by atoms with E-state index in [9.17, 15) is 59.6 Å². The highest BCUT2D eigenvalue weighted by Crippen LogP contribution is 2.40. The van der Waals surface area contributed by atoms with Crippen molar-refractivity contribution in [3.8, 4) is 0 Å². The second kappa shape index (κ2) is 15.7. The molecular weight excluding hydrogens is 841 g/mol. The fourth-order valence-corrected chi connectivity index (χ4v) is 8.35. The van der Waals surface area contributed by atoms with Gasteiger partial charge in [0.05, 0.1) is 45.9 Å². The van der Waals surface area contributed by atoms with E-state index in [4.69, 9.17) is 20.6 Å². The first-order valence-corrected chi connectivity index (χ1v) is 22.4. The third kappa shape index (κ3) is 12.0. The molecule has 0 unspecified atom stereocenters. The maximum absolute atomic E-state index is 12.6. The molecule has 0 fully saturated rings. The molecule has 0 radical (unpaired) electrons.